The maximum Gasteiger partial charge on any atom is 0.255 e. The van der Waals surface area contributed by atoms with Gasteiger partial charge in [0.2, 0.25) is 5.91 Å². The number of benzene rings is 2. The molecule has 130 valence electrons. The molecule has 1 aliphatic heterocycles. The van der Waals surface area contributed by atoms with Crippen molar-refractivity contribution in [3.05, 3.63) is 59.2 Å². The highest BCUT2D eigenvalue weighted by Gasteiger charge is 2.34. The molecular formula is C20H22N2O3. The van der Waals surface area contributed by atoms with E-state index < -0.39 is 6.04 Å². The van der Waals surface area contributed by atoms with Crippen LogP contribution in [0.5, 0.6) is 5.75 Å². The highest BCUT2D eigenvalue weighted by molar-refractivity contribution is 6.04. The van der Waals surface area contributed by atoms with E-state index in [1.807, 2.05) is 32.0 Å². The minimum absolute atomic E-state index is 0.0773. The summed E-state index contributed by atoms with van der Waals surface area (Å²) in [7, 11) is 1.52. The Hall–Kier alpha value is -2.82. The lowest BCUT2D eigenvalue weighted by molar-refractivity contribution is -0.118. The van der Waals surface area contributed by atoms with Crippen LogP contribution in [-0.4, -0.2) is 31.5 Å². The molecular weight excluding hydrogens is 316 g/mol. The van der Waals surface area contributed by atoms with Gasteiger partial charge in [0.05, 0.1) is 12.7 Å². The van der Waals surface area contributed by atoms with Gasteiger partial charge in [-0.1, -0.05) is 18.2 Å². The summed E-state index contributed by atoms with van der Waals surface area (Å²) in [5.74, 6) is 0.126. The van der Waals surface area contributed by atoms with Crippen molar-refractivity contribution in [1.82, 2.24) is 5.32 Å². The van der Waals surface area contributed by atoms with Crippen molar-refractivity contribution in [2.75, 3.05) is 18.6 Å². The molecule has 0 aliphatic carbocycles. The number of ether oxygens (including phenoxy) is 1. The number of anilines is 1. The number of carbonyl (C=O) groups is 2. The van der Waals surface area contributed by atoms with Crippen molar-refractivity contribution in [2.45, 2.75) is 26.3 Å². The van der Waals surface area contributed by atoms with Crippen LogP contribution in [0, 0.1) is 13.8 Å². The quantitative estimate of drug-likeness (QED) is 0.932. The summed E-state index contributed by atoms with van der Waals surface area (Å²) >= 11 is 0. The van der Waals surface area contributed by atoms with E-state index >= 15 is 0 Å². The number of hydrogen-bond donors (Lipinski definition) is 1. The normalized spacial score (nSPS) is 16.8. The predicted octanol–water partition coefficient (Wildman–Crippen LogP) is 2.85. The average molecular weight is 338 g/mol. The molecule has 25 heavy (non-hydrogen) atoms. The number of amides is 2. The molecule has 0 unspecified atom stereocenters. The zero-order valence-corrected chi connectivity index (χ0v) is 14.7. The van der Waals surface area contributed by atoms with E-state index in [2.05, 4.69) is 5.32 Å². The van der Waals surface area contributed by atoms with E-state index in [1.54, 1.807) is 29.2 Å². The van der Waals surface area contributed by atoms with Gasteiger partial charge in [-0.3, -0.25) is 9.59 Å². The summed E-state index contributed by atoms with van der Waals surface area (Å²) in [6.45, 7) is 4.67. The molecule has 3 rings (SSSR count). The third-order valence-corrected chi connectivity index (χ3v) is 4.66. The van der Waals surface area contributed by atoms with E-state index in [-0.39, 0.29) is 11.8 Å². The molecule has 0 radical (unpaired) electrons. The van der Waals surface area contributed by atoms with Crippen LogP contribution < -0.4 is 15.0 Å². The number of rotatable bonds is 4. The Kier molecular flexibility index (Phi) is 4.74. The number of carbonyl (C=O) groups excluding carboxylic acids is 2. The first kappa shape index (κ1) is 17.0. The van der Waals surface area contributed by atoms with Gasteiger partial charge in [-0.25, -0.2) is 0 Å². The largest absolute Gasteiger partial charge is 0.496 e. The Morgan fingerprint density at radius 2 is 1.92 bits per heavy atom. The van der Waals surface area contributed by atoms with Crippen molar-refractivity contribution in [2.24, 2.45) is 0 Å². The Labute approximate surface area is 147 Å². The summed E-state index contributed by atoms with van der Waals surface area (Å²) in [5.41, 5.74) is 3.65. The molecule has 1 atom stereocenters. The molecule has 1 heterocycles. The highest BCUT2D eigenvalue weighted by Crippen LogP contribution is 2.25. The molecule has 0 spiro atoms. The molecule has 0 aromatic heterocycles. The number of hydrogen-bond acceptors (Lipinski definition) is 3. The first-order valence-corrected chi connectivity index (χ1v) is 8.34. The molecule has 2 aromatic carbocycles. The van der Waals surface area contributed by atoms with Gasteiger partial charge in [0.1, 0.15) is 11.8 Å². The van der Waals surface area contributed by atoms with Gasteiger partial charge in [-0.15, -0.1) is 0 Å². The number of aryl methyl sites for hydroxylation is 2. The zero-order chi connectivity index (χ0) is 18.0. The molecule has 1 N–H and O–H groups in total. The van der Waals surface area contributed by atoms with Crippen molar-refractivity contribution in [3.63, 3.8) is 0 Å². The molecule has 0 saturated carbocycles. The van der Waals surface area contributed by atoms with Gasteiger partial charge >= 0.3 is 0 Å². The molecule has 5 nitrogen and oxygen atoms in total. The minimum atomic E-state index is -0.515. The molecule has 2 amide bonds. The summed E-state index contributed by atoms with van der Waals surface area (Å²) in [4.78, 5) is 26.9. The second-order valence-electron chi connectivity index (χ2n) is 6.27. The van der Waals surface area contributed by atoms with Gasteiger partial charge in [0.25, 0.3) is 5.91 Å². The first-order valence-electron chi connectivity index (χ1n) is 8.34. The van der Waals surface area contributed by atoms with E-state index in [0.29, 0.717) is 24.3 Å². The van der Waals surface area contributed by atoms with Gasteiger partial charge in [0.15, 0.2) is 0 Å². The van der Waals surface area contributed by atoms with Crippen LogP contribution in [0.4, 0.5) is 5.69 Å². The Morgan fingerprint density at radius 1 is 1.16 bits per heavy atom. The van der Waals surface area contributed by atoms with Crippen LogP contribution in [0.25, 0.3) is 0 Å². The molecule has 5 heteroatoms. The van der Waals surface area contributed by atoms with Crippen molar-refractivity contribution in [3.8, 4) is 5.75 Å². The van der Waals surface area contributed by atoms with Crippen LogP contribution >= 0.6 is 0 Å². The number of methoxy groups -OCH3 is 1. The maximum atomic E-state index is 12.7. The van der Waals surface area contributed by atoms with E-state index in [4.69, 9.17) is 4.74 Å². The van der Waals surface area contributed by atoms with Gasteiger partial charge in [-0.2, -0.15) is 0 Å². The highest BCUT2D eigenvalue weighted by atomic mass is 16.5. The lowest BCUT2D eigenvalue weighted by Crippen LogP contribution is -2.41. The lowest BCUT2D eigenvalue weighted by atomic mass is 10.1. The Balaban J connectivity index is 1.74. The summed E-state index contributed by atoms with van der Waals surface area (Å²) < 4.78 is 5.22. The number of nitrogens with zero attached hydrogens (tertiary/aromatic N) is 1. The van der Waals surface area contributed by atoms with E-state index in [9.17, 15) is 9.59 Å². The first-order chi connectivity index (χ1) is 12.0. The third kappa shape index (κ3) is 3.36. The fourth-order valence-electron chi connectivity index (χ4n) is 3.03. The van der Waals surface area contributed by atoms with Crippen LogP contribution in [0.3, 0.4) is 0 Å². The summed E-state index contributed by atoms with van der Waals surface area (Å²) in [6.07, 6.45) is 0.590. The summed E-state index contributed by atoms with van der Waals surface area (Å²) in [5, 5.41) is 2.84. The molecule has 0 bridgehead atoms. The second-order valence-corrected chi connectivity index (χ2v) is 6.27. The van der Waals surface area contributed by atoms with Crippen molar-refractivity contribution >= 4 is 17.5 Å². The van der Waals surface area contributed by atoms with E-state index in [0.717, 1.165) is 11.3 Å². The Bertz CT molecular complexity index is 816. The standard InChI is InChI=1S/C20H22N2O3/c1-13-8-9-15(12-14(13)2)22-11-10-17(20(22)24)21-19(23)16-6-4-5-7-18(16)25-3/h4-9,12,17H,10-11H2,1-3H3,(H,21,23)/t17-/m1/s1. The summed E-state index contributed by atoms with van der Waals surface area (Å²) in [6, 6.07) is 12.5. The topological polar surface area (TPSA) is 58.6 Å². The van der Waals surface area contributed by atoms with Gasteiger partial charge < -0.3 is 15.0 Å². The maximum absolute atomic E-state index is 12.7. The fourth-order valence-corrected chi connectivity index (χ4v) is 3.03. The van der Waals surface area contributed by atoms with Gasteiger partial charge in [0, 0.05) is 12.2 Å². The molecule has 1 aliphatic rings. The molecule has 1 fully saturated rings. The van der Waals surface area contributed by atoms with Crippen LogP contribution in [-0.2, 0) is 4.79 Å². The zero-order valence-electron chi connectivity index (χ0n) is 14.7. The lowest BCUT2D eigenvalue weighted by Gasteiger charge is -2.18. The smallest absolute Gasteiger partial charge is 0.255 e. The monoisotopic (exact) mass is 338 g/mol. The molecule has 1 saturated heterocycles. The average Bonchev–Trinajstić information content (AvgIpc) is 2.98. The van der Waals surface area contributed by atoms with E-state index in [1.165, 1.54) is 12.7 Å². The van der Waals surface area contributed by atoms with Crippen LogP contribution in [0.1, 0.15) is 27.9 Å². The Morgan fingerprint density at radius 3 is 2.64 bits per heavy atom. The fraction of sp³-hybridized carbons (Fsp3) is 0.300. The molecule has 2 aromatic rings. The van der Waals surface area contributed by atoms with Crippen LogP contribution in [0.2, 0.25) is 0 Å². The van der Waals surface area contributed by atoms with Crippen molar-refractivity contribution < 1.29 is 14.3 Å². The van der Waals surface area contributed by atoms with Crippen LogP contribution in [0.15, 0.2) is 42.5 Å². The number of para-hydroxylation sites is 1. The predicted molar refractivity (Wildman–Crippen MR) is 97.1 cm³/mol. The second kappa shape index (κ2) is 6.97. The van der Waals surface area contributed by atoms with Crippen molar-refractivity contribution in [1.29, 1.82) is 0 Å². The number of nitrogens with one attached hydrogen (secondary N) is 1. The third-order valence-electron chi connectivity index (χ3n) is 4.66. The minimum Gasteiger partial charge on any atom is -0.496 e. The SMILES string of the molecule is COc1ccccc1C(=O)N[C@@H]1CCN(c2ccc(C)c(C)c2)C1=O. The van der Waals surface area contributed by atoms with Gasteiger partial charge in [-0.05, 0) is 55.7 Å².